The minimum Gasteiger partial charge on any atom is -0.468 e. The fourth-order valence-corrected chi connectivity index (χ4v) is 5.03. The Morgan fingerprint density at radius 2 is 1.89 bits per heavy atom. The summed E-state index contributed by atoms with van der Waals surface area (Å²) < 4.78 is 32.1. The van der Waals surface area contributed by atoms with Crippen molar-refractivity contribution in [3.8, 4) is 0 Å². The molecule has 0 aliphatic heterocycles. The predicted octanol–water partition coefficient (Wildman–Crippen LogP) is 4.49. The van der Waals surface area contributed by atoms with Gasteiger partial charge in [-0.1, -0.05) is 29.8 Å². The molecule has 0 saturated carbocycles. The molecule has 1 heterocycles. The van der Waals surface area contributed by atoms with E-state index in [0.29, 0.717) is 16.1 Å². The molecule has 0 fully saturated rings. The molecule has 1 amide bonds. The van der Waals surface area contributed by atoms with Gasteiger partial charge in [0.2, 0.25) is 0 Å². The quantitative estimate of drug-likeness (QED) is 0.640. The van der Waals surface area contributed by atoms with E-state index in [-0.39, 0.29) is 17.2 Å². The van der Waals surface area contributed by atoms with Gasteiger partial charge in [0.15, 0.2) is 9.84 Å². The van der Waals surface area contributed by atoms with Gasteiger partial charge in [0.1, 0.15) is 11.0 Å². The Labute approximate surface area is 169 Å². The van der Waals surface area contributed by atoms with Gasteiger partial charge in [-0.05, 0) is 61.4 Å². The highest BCUT2D eigenvalue weighted by Crippen LogP contribution is 2.31. The van der Waals surface area contributed by atoms with Crippen molar-refractivity contribution in [2.45, 2.75) is 24.0 Å². The van der Waals surface area contributed by atoms with Crippen molar-refractivity contribution in [1.82, 2.24) is 5.32 Å². The minimum absolute atomic E-state index is 0.130. The summed E-state index contributed by atoms with van der Waals surface area (Å²) in [4.78, 5) is 12.7. The number of amides is 1. The zero-order valence-corrected chi connectivity index (χ0v) is 17.0. The molecule has 3 aromatic rings. The fourth-order valence-electron chi connectivity index (χ4n) is 2.92. The van der Waals surface area contributed by atoms with E-state index in [1.54, 1.807) is 49.4 Å². The number of benzene rings is 2. The number of furan rings is 1. The number of hydrogen-bond donors (Lipinski definition) is 1. The second-order valence-electron chi connectivity index (χ2n) is 6.54. The monoisotopic (exact) mass is 417 g/mol. The van der Waals surface area contributed by atoms with Gasteiger partial charge in [0.25, 0.3) is 5.91 Å². The van der Waals surface area contributed by atoms with E-state index < -0.39 is 21.0 Å². The summed E-state index contributed by atoms with van der Waals surface area (Å²) in [6.45, 7) is 3.45. The van der Waals surface area contributed by atoms with Crippen LogP contribution in [0, 0.1) is 13.8 Å². The smallest absolute Gasteiger partial charge is 0.251 e. The molecule has 5 nitrogen and oxygen atoms in total. The number of rotatable bonds is 6. The van der Waals surface area contributed by atoms with Crippen LogP contribution in [0.2, 0.25) is 5.02 Å². The second-order valence-corrected chi connectivity index (χ2v) is 9.07. The Kier molecular flexibility index (Phi) is 5.91. The highest BCUT2D eigenvalue weighted by Gasteiger charge is 2.33. The first-order valence-corrected chi connectivity index (χ1v) is 10.6. The highest BCUT2D eigenvalue weighted by molar-refractivity contribution is 7.91. The maximum Gasteiger partial charge on any atom is 0.251 e. The number of carbonyl (C=O) groups excluding carboxylic acids is 1. The number of nitrogens with one attached hydrogen (secondary N) is 1. The summed E-state index contributed by atoms with van der Waals surface area (Å²) in [7, 11) is -3.80. The SMILES string of the molecule is Cc1ccc(C)c(S(=O)(=O)[C@H](CNC(=O)c2cccc(Cl)c2)c2ccco2)c1. The average Bonchev–Trinajstić information content (AvgIpc) is 3.17. The highest BCUT2D eigenvalue weighted by atomic mass is 35.5. The molecule has 3 rings (SSSR count). The number of carbonyl (C=O) groups is 1. The normalized spacial score (nSPS) is 12.5. The van der Waals surface area contributed by atoms with Crippen LogP contribution in [-0.2, 0) is 9.84 Å². The topological polar surface area (TPSA) is 76.4 Å². The molecule has 0 spiro atoms. The van der Waals surface area contributed by atoms with Gasteiger partial charge >= 0.3 is 0 Å². The minimum atomic E-state index is -3.80. The Hall–Kier alpha value is -2.57. The van der Waals surface area contributed by atoms with Gasteiger partial charge in [-0.3, -0.25) is 4.79 Å². The lowest BCUT2D eigenvalue weighted by Gasteiger charge is -2.18. The van der Waals surface area contributed by atoms with E-state index in [4.69, 9.17) is 16.0 Å². The van der Waals surface area contributed by atoms with Gasteiger partial charge in [-0.15, -0.1) is 0 Å². The predicted molar refractivity (Wildman–Crippen MR) is 108 cm³/mol. The largest absolute Gasteiger partial charge is 0.468 e. The summed E-state index contributed by atoms with van der Waals surface area (Å²) in [6, 6.07) is 14.9. The van der Waals surface area contributed by atoms with E-state index in [2.05, 4.69) is 5.32 Å². The molecule has 1 atom stereocenters. The maximum absolute atomic E-state index is 13.4. The van der Waals surface area contributed by atoms with Crippen LogP contribution < -0.4 is 5.32 Å². The average molecular weight is 418 g/mol. The summed E-state index contributed by atoms with van der Waals surface area (Å²) in [5.74, 6) is -0.137. The molecule has 0 radical (unpaired) electrons. The first-order valence-electron chi connectivity index (χ1n) is 8.67. The summed E-state index contributed by atoms with van der Waals surface area (Å²) in [6.07, 6.45) is 1.42. The van der Waals surface area contributed by atoms with E-state index in [9.17, 15) is 13.2 Å². The van der Waals surface area contributed by atoms with E-state index in [1.807, 2.05) is 13.0 Å². The third-order valence-electron chi connectivity index (χ3n) is 4.42. The zero-order valence-electron chi connectivity index (χ0n) is 15.5. The van der Waals surface area contributed by atoms with Gasteiger partial charge < -0.3 is 9.73 Å². The Bertz CT molecular complexity index is 1090. The third kappa shape index (κ3) is 4.29. The van der Waals surface area contributed by atoms with Crippen LogP contribution in [0.3, 0.4) is 0 Å². The van der Waals surface area contributed by atoms with Crippen LogP contribution in [0.15, 0.2) is 70.2 Å². The van der Waals surface area contributed by atoms with Crippen molar-refractivity contribution in [1.29, 1.82) is 0 Å². The summed E-state index contributed by atoms with van der Waals surface area (Å²) in [5.41, 5.74) is 1.84. The Morgan fingerprint density at radius 3 is 2.57 bits per heavy atom. The number of sulfone groups is 1. The molecule has 0 aliphatic rings. The number of hydrogen-bond acceptors (Lipinski definition) is 4. The lowest BCUT2D eigenvalue weighted by molar-refractivity contribution is 0.0953. The molecule has 1 N–H and O–H groups in total. The van der Waals surface area contributed by atoms with Crippen molar-refractivity contribution in [3.05, 3.63) is 88.3 Å². The fraction of sp³-hybridized carbons (Fsp3) is 0.190. The summed E-state index contributed by atoms with van der Waals surface area (Å²) >= 11 is 5.93. The lowest BCUT2D eigenvalue weighted by atomic mass is 10.2. The van der Waals surface area contributed by atoms with Gasteiger partial charge in [0.05, 0.1) is 11.2 Å². The number of halogens is 1. The lowest BCUT2D eigenvalue weighted by Crippen LogP contribution is -2.32. The molecular formula is C21H20ClNO4S. The van der Waals surface area contributed by atoms with E-state index >= 15 is 0 Å². The third-order valence-corrected chi connectivity index (χ3v) is 6.86. The van der Waals surface area contributed by atoms with Gasteiger partial charge in [-0.25, -0.2) is 8.42 Å². The van der Waals surface area contributed by atoms with Crippen LogP contribution in [0.5, 0.6) is 0 Å². The van der Waals surface area contributed by atoms with Crippen molar-refractivity contribution in [2.24, 2.45) is 0 Å². The maximum atomic E-state index is 13.4. The molecule has 0 unspecified atom stereocenters. The Balaban J connectivity index is 1.92. The molecule has 0 bridgehead atoms. The molecule has 28 heavy (non-hydrogen) atoms. The van der Waals surface area contributed by atoms with Gasteiger partial charge in [0, 0.05) is 17.1 Å². The van der Waals surface area contributed by atoms with Gasteiger partial charge in [-0.2, -0.15) is 0 Å². The zero-order chi connectivity index (χ0) is 20.3. The van der Waals surface area contributed by atoms with Crippen molar-refractivity contribution < 1.29 is 17.6 Å². The first-order chi connectivity index (χ1) is 13.3. The van der Waals surface area contributed by atoms with Crippen molar-refractivity contribution in [2.75, 3.05) is 6.54 Å². The van der Waals surface area contributed by atoms with E-state index in [1.165, 1.54) is 12.3 Å². The summed E-state index contributed by atoms with van der Waals surface area (Å²) in [5, 5.41) is 2.07. The molecule has 2 aromatic carbocycles. The van der Waals surface area contributed by atoms with E-state index in [0.717, 1.165) is 5.56 Å². The van der Waals surface area contributed by atoms with Crippen LogP contribution in [0.25, 0.3) is 0 Å². The molecule has 1 aromatic heterocycles. The molecule has 0 aliphatic carbocycles. The number of aryl methyl sites for hydroxylation is 2. The van der Waals surface area contributed by atoms with Crippen LogP contribution in [0.4, 0.5) is 0 Å². The molecule has 0 saturated heterocycles. The Morgan fingerprint density at radius 1 is 1.11 bits per heavy atom. The second kappa shape index (κ2) is 8.20. The first kappa shape index (κ1) is 20.2. The molecular weight excluding hydrogens is 398 g/mol. The standard InChI is InChI=1S/C21H20ClNO4S/c1-14-8-9-15(2)19(11-14)28(25,26)20(18-7-4-10-27-18)13-23-21(24)16-5-3-6-17(22)12-16/h3-12,20H,13H2,1-2H3,(H,23,24)/t20-/m1/s1. The van der Waals surface area contributed by atoms with Crippen LogP contribution in [-0.4, -0.2) is 20.9 Å². The van der Waals surface area contributed by atoms with Crippen molar-refractivity contribution >= 4 is 27.3 Å². The molecule has 146 valence electrons. The van der Waals surface area contributed by atoms with Crippen LogP contribution in [0.1, 0.15) is 32.5 Å². The van der Waals surface area contributed by atoms with Crippen LogP contribution >= 0.6 is 11.6 Å². The molecule has 7 heteroatoms. The van der Waals surface area contributed by atoms with Crippen molar-refractivity contribution in [3.63, 3.8) is 0 Å².